The predicted molar refractivity (Wildman–Crippen MR) is 138 cm³/mol. The van der Waals surface area contributed by atoms with Crippen molar-refractivity contribution in [3.8, 4) is 5.88 Å². The van der Waals surface area contributed by atoms with Crippen molar-refractivity contribution in [2.24, 2.45) is 16.6 Å². The number of hydrogen-bond acceptors (Lipinski definition) is 8. The van der Waals surface area contributed by atoms with E-state index in [2.05, 4.69) is 30.3 Å². The molecule has 9 nitrogen and oxygen atoms in total. The zero-order valence-electron chi connectivity index (χ0n) is 21.6. The molecule has 0 spiro atoms. The molecule has 3 atom stereocenters. The van der Waals surface area contributed by atoms with Gasteiger partial charge in [-0.15, -0.1) is 0 Å². The molecule has 2 aliphatic rings. The predicted octanol–water partition coefficient (Wildman–Crippen LogP) is 4.15. The van der Waals surface area contributed by atoms with Crippen LogP contribution in [-0.2, 0) is 10.3 Å². The van der Waals surface area contributed by atoms with Crippen LogP contribution in [0.5, 0.6) is 5.88 Å². The standard InChI is InChI=1S/C25H28F4N6O3S/c1-13-23(3,35-21(30)39-24(13,4)20(37)34-22(2)7-8-22)15-9-14(5-6-16(15)26)33-19(36)17-10-32-18(11-31-17)38-12-25(27,28)29/h5-6,9-11,13H,7-8,12H2,1-4H3,(H2,30,35)(H,33,36)(H,34,37)/t13-,23-,24-/m0/s1. The summed E-state index contributed by atoms with van der Waals surface area (Å²) in [5.74, 6) is -2.46. The summed E-state index contributed by atoms with van der Waals surface area (Å²) in [6.07, 6.45) is -0.945. The van der Waals surface area contributed by atoms with Crippen LogP contribution in [0, 0.1) is 11.7 Å². The van der Waals surface area contributed by atoms with Gasteiger partial charge in [-0.25, -0.2) is 14.4 Å². The van der Waals surface area contributed by atoms with Gasteiger partial charge in [0, 0.05) is 22.7 Å². The molecule has 4 N–H and O–H groups in total. The number of aromatic nitrogens is 2. The lowest BCUT2D eigenvalue weighted by Gasteiger charge is -2.46. The molecule has 0 radical (unpaired) electrons. The Kier molecular flexibility index (Phi) is 7.30. The lowest BCUT2D eigenvalue weighted by molar-refractivity contribution is -0.154. The highest BCUT2D eigenvalue weighted by Crippen LogP contribution is 2.51. The Balaban J connectivity index is 1.56. The Bertz CT molecular complexity index is 1320. The molecular weight excluding hydrogens is 540 g/mol. The number of rotatable bonds is 7. The number of nitrogens with one attached hydrogen (secondary N) is 2. The van der Waals surface area contributed by atoms with Gasteiger partial charge in [-0.05, 0) is 51.8 Å². The number of benzene rings is 1. The molecule has 0 unspecified atom stereocenters. The zero-order valence-corrected chi connectivity index (χ0v) is 22.5. The van der Waals surface area contributed by atoms with E-state index >= 15 is 4.39 Å². The maximum Gasteiger partial charge on any atom is 0.422 e. The summed E-state index contributed by atoms with van der Waals surface area (Å²) in [6.45, 7) is 5.66. The van der Waals surface area contributed by atoms with E-state index in [9.17, 15) is 22.8 Å². The average Bonchev–Trinajstić information content (AvgIpc) is 3.58. The smallest absolute Gasteiger partial charge is 0.422 e. The number of nitrogens with two attached hydrogens (primary N) is 1. The van der Waals surface area contributed by atoms with Gasteiger partial charge in [0.15, 0.2) is 11.8 Å². The van der Waals surface area contributed by atoms with Gasteiger partial charge in [0.1, 0.15) is 16.3 Å². The first-order valence-electron chi connectivity index (χ1n) is 12.0. The molecule has 1 aliphatic heterocycles. The third-order valence-electron chi connectivity index (χ3n) is 7.21. The minimum Gasteiger partial charge on any atom is -0.467 e. The van der Waals surface area contributed by atoms with Crippen molar-refractivity contribution in [3.63, 3.8) is 0 Å². The van der Waals surface area contributed by atoms with E-state index in [0.717, 1.165) is 37.0 Å². The molecule has 0 saturated heterocycles. The zero-order chi connectivity index (χ0) is 28.8. The van der Waals surface area contributed by atoms with Crippen molar-refractivity contribution in [2.45, 2.75) is 62.5 Å². The number of nitrogens with zero attached hydrogens (tertiary/aromatic N) is 3. The van der Waals surface area contributed by atoms with E-state index in [1.807, 2.05) is 6.92 Å². The van der Waals surface area contributed by atoms with Gasteiger partial charge in [0.2, 0.25) is 11.8 Å². The summed E-state index contributed by atoms with van der Waals surface area (Å²) in [5.41, 5.74) is 4.76. The number of ether oxygens (including phenoxy) is 1. The summed E-state index contributed by atoms with van der Waals surface area (Å²) in [4.78, 5) is 38.1. The molecule has 4 rings (SSSR count). The van der Waals surface area contributed by atoms with E-state index in [4.69, 9.17) is 5.73 Å². The highest BCUT2D eigenvalue weighted by molar-refractivity contribution is 8.15. The lowest BCUT2D eigenvalue weighted by Crippen LogP contribution is -2.57. The molecule has 1 saturated carbocycles. The van der Waals surface area contributed by atoms with Gasteiger partial charge in [0.05, 0.1) is 17.9 Å². The summed E-state index contributed by atoms with van der Waals surface area (Å²) in [5, 5.41) is 5.78. The first kappa shape index (κ1) is 28.6. The van der Waals surface area contributed by atoms with Crippen molar-refractivity contribution >= 4 is 34.4 Å². The van der Waals surface area contributed by atoms with Gasteiger partial charge in [-0.1, -0.05) is 18.7 Å². The van der Waals surface area contributed by atoms with Crippen LogP contribution in [0.15, 0.2) is 35.6 Å². The number of amidine groups is 1. The SMILES string of the molecule is C[C@@H]1[C@@](C)(C(=O)NC2(C)CC2)SC(N)=N[C@]1(C)c1cc(NC(=O)c2cnc(OCC(F)(F)F)cn2)ccc1F. The second kappa shape index (κ2) is 9.96. The number of halogens is 4. The Morgan fingerprint density at radius 2 is 1.87 bits per heavy atom. The number of alkyl halides is 3. The van der Waals surface area contributed by atoms with Gasteiger partial charge in [0.25, 0.3) is 5.91 Å². The topological polar surface area (TPSA) is 132 Å². The third kappa shape index (κ3) is 6.10. The second-order valence-corrected chi connectivity index (χ2v) is 11.8. The largest absolute Gasteiger partial charge is 0.467 e. The molecule has 39 heavy (non-hydrogen) atoms. The molecule has 2 amide bonds. The number of anilines is 1. The van der Waals surface area contributed by atoms with E-state index in [-0.39, 0.29) is 33.6 Å². The van der Waals surface area contributed by atoms with Crippen LogP contribution in [0.2, 0.25) is 0 Å². The number of aliphatic imine (C=N–C) groups is 1. The van der Waals surface area contributed by atoms with Crippen LogP contribution in [0.3, 0.4) is 0 Å². The van der Waals surface area contributed by atoms with Crippen molar-refractivity contribution in [1.29, 1.82) is 0 Å². The van der Waals surface area contributed by atoms with Crippen LogP contribution < -0.4 is 21.1 Å². The molecular formula is C25H28F4N6O3S. The molecule has 14 heteroatoms. The van der Waals surface area contributed by atoms with Gasteiger partial charge < -0.3 is 21.1 Å². The summed E-state index contributed by atoms with van der Waals surface area (Å²) in [6, 6.07) is 3.91. The lowest BCUT2D eigenvalue weighted by atomic mass is 9.73. The molecule has 2 aromatic rings. The van der Waals surface area contributed by atoms with Crippen molar-refractivity contribution < 1.29 is 31.9 Å². The van der Waals surface area contributed by atoms with Gasteiger partial charge in [-0.3, -0.25) is 14.6 Å². The Labute approximate surface area is 226 Å². The van der Waals surface area contributed by atoms with Crippen molar-refractivity contribution in [3.05, 3.63) is 47.7 Å². The summed E-state index contributed by atoms with van der Waals surface area (Å²) >= 11 is 1.13. The van der Waals surface area contributed by atoms with E-state index < -0.39 is 46.6 Å². The number of amides is 2. The number of hydrogen-bond donors (Lipinski definition) is 3. The van der Waals surface area contributed by atoms with Crippen molar-refractivity contribution in [1.82, 2.24) is 15.3 Å². The monoisotopic (exact) mass is 568 g/mol. The normalized spacial score (nSPS) is 25.8. The second-order valence-electron chi connectivity index (χ2n) is 10.3. The van der Waals surface area contributed by atoms with Crippen LogP contribution in [0.25, 0.3) is 0 Å². The first-order chi connectivity index (χ1) is 18.0. The average molecular weight is 569 g/mol. The Morgan fingerprint density at radius 3 is 2.46 bits per heavy atom. The quantitative estimate of drug-likeness (QED) is 0.428. The number of carbonyl (C=O) groups is 2. The van der Waals surface area contributed by atoms with Crippen LogP contribution in [0.1, 0.15) is 56.6 Å². The fourth-order valence-corrected chi connectivity index (χ4v) is 5.51. The fraction of sp³-hybridized carbons (Fsp3) is 0.480. The maximum atomic E-state index is 15.2. The van der Waals surface area contributed by atoms with Crippen LogP contribution in [0.4, 0.5) is 23.2 Å². The Morgan fingerprint density at radius 1 is 1.18 bits per heavy atom. The van der Waals surface area contributed by atoms with Gasteiger partial charge >= 0.3 is 6.18 Å². The van der Waals surface area contributed by atoms with Gasteiger partial charge in [-0.2, -0.15) is 13.2 Å². The number of thioether (sulfide) groups is 1. The molecule has 1 aromatic heterocycles. The molecule has 1 fully saturated rings. The van der Waals surface area contributed by atoms with Crippen LogP contribution in [-0.4, -0.2) is 50.0 Å². The molecule has 0 bridgehead atoms. The molecule has 210 valence electrons. The number of carbonyl (C=O) groups excluding carboxylic acids is 2. The fourth-order valence-electron chi connectivity index (χ4n) is 4.29. The molecule has 1 aromatic carbocycles. The first-order valence-corrected chi connectivity index (χ1v) is 12.9. The molecule has 2 heterocycles. The minimum absolute atomic E-state index is 0.120. The van der Waals surface area contributed by atoms with Crippen molar-refractivity contribution in [2.75, 3.05) is 11.9 Å². The molecule has 1 aliphatic carbocycles. The summed E-state index contributed by atoms with van der Waals surface area (Å²) in [7, 11) is 0. The minimum atomic E-state index is -4.55. The highest BCUT2D eigenvalue weighted by Gasteiger charge is 2.55. The highest BCUT2D eigenvalue weighted by atomic mass is 32.2. The van der Waals surface area contributed by atoms with E-state index in [0.29, 0.717) is 0 Å². The third-order valence-corrected chi connectivity index (χ3v) is 8.47. The summed E-state index contributed by atoms with van der Waals surface area (Å²) < 4.78 is 55.6. The van der Waals surface area contributed by atoms with E-state index in [1.165, 1.54) is 18.2 Å². The van der Waals surface area contributed by atoms with E-state index in [1.54, 1.807) is 20.8 Å². The Hall–Kier alpha value is -3.42. The maximum absolute atomic E-state index is 15.2. The van der Waals surface area contributed by atoms with Crippen LogP contribution >= 0.6 is 11.8 Å².